The number of nitrogens with zero attached hydrogens (tertiary/aromatic N) is 1. The van der Waals surface area contributed by atoms with Crippen LogP contribution in [0.15, 0.2) is 47.5 Å². The number of rotatable bonds is 39. The number of aliphatic carboxylic acids is 2. The molecule has 0 radical (unpaired) electrons. The van der Waals surface area contributed by atoms with Crippen LogP contribution in [0.25, 0.3) is 0 Å². The number of carbonyl (C=O) groups excluding carboxylic acids is 2. The molecule has 1 aromatic carbocycles. The summed E-state index contributed by atoms with van der Waals surface area (Å²) in [6.45, 7) is 1.68. The van der Waals surface area contributed by atoms with Crippen LogP contribution in [0, 0.1) is 0 Å². The van der Waals surface area contributed by atoms with Crippen molar-refractivity contribution >= 4 is 39.6 Å². The van der Waals surface area contributed by atoms with Crippen LogP contribution in [-0.2, 0) is 43.4 Å². The van der Waals surface area contributed by atoms with Crippen molar-refractivity contribution in [3.05, 3.63) is 48.2 Å². The number of carboxylic acids is 2. The molecule has 338 valence electrons. The van der Waals surface area contributed by atoms with Gasteiger partial charge in [-0.15, -0.1) is 0 Å². The molecule has 5 N–H and O–H groups in total. The van der Waals surface area contributed by atoms with Gasteiger partial charge in [0, 0.05) is 25.7 Å². The number of nitrogens with one attached hydrogen (secondary N) is 3. The zero-order valence-corrected chi connectivity index (χ0v) is 35.7. The van der Waals surface area contributed by atoms with Gasteiger partial charge in [0.2, 0.25) is 5.91 Å². The van der Waals surface area contributed by atoms with Crippen molar-refractivity contribution in [3.63, 3.8) is 0 Å². The van der Waals surface area contributed by atoms with Crippen LogP contribution < -0.4 is 20.1 Å². The lowest BCUT2D eigenvalue weighted by atomic mass is 10.0. The summed E-state index contributed by atoms with van der Waals surface area (Å²) < 4.78 is 54.8. The highest BCUT2D eigenvalue weighted by Crippen LogP contribution is 2.20. The molecule has 1 aromatic heterocycles. The second kappa shape index (κ2) is 33.4. The molecule has 0 aliphatic carbocycles. The average molecular weight is 867 g/mol. The topological polar surface area (TPSA) is 238 Å². The van der Waals surface area contributed by atoms with E-state index in [0.29, 0.717) is 12.4 Å². The number of hydrogen-bond acceptors (Lipinski definition) is 12. The number of hydrogen-bond donors (Lipinski definition) is 5. The number of ether oxygens (including phenoxy) is 5. The standard InChI is InChI=1S/C42H66N4O13S/c47-39(43-23-26-55-29-31-58-34-41(50)51)33-57-30-28-56-27-24-44-42(52)35-17-22-38(45-32-35)46-60(53,54)37-20-18-36(19-21-37)59-25-15-13-11-9-7-5-3-1-2-4-6-8-10-12-14-16-40(48)49/h17-22,32H,1-16,23-31,33-34H2,(H,43,47)(H,44,52)(H,45,46)(H,48,49)(H,50,51). The predicted molar refractivity (Wildman–Crippen MR) is 225 cm³/mol. The van der Waals surface area contributed by atoms with Gasteiger partial charge >= 0.3 is 11.9 Å². The van der Waals surface area contributed by atoms with Crippen molar-refractivity contribution in [2.75, 3.05) is 77.3 Å². The van der Waals surface area contributed by atoms with E-state index < -0.39 is 27.9 Å². The van der Waals surface area contributed by atoms with Crippen LogP contribution in [0.2, 0.25) is 0 Å². The third-order valence-electron chi connectivity index (χ3n) is 9.01. The van der Waals surface area contributed by atoms with Gasteiger partial charge in [-0.1, -0.05) is 83.5 Å². The van der Waals surface area contributed by atoms with E-state index in [4.69, 9.17) is 33.9 Å². The quantitative estimate of drug-likeness (QED) is 0.0516. The van der Waals surface area contributed by atoms with Gasteiger partial charge in [0.1, 0.15) is 24.8 Å². The maximum absolute atomic E-state index is 12.9. The molecule has 0 aliphatic heterocycles. The Morgan fingerprint density at radius 2 is 1.07 bits per heavy atom. The fourth-order valence-electron chi connectivity index (χ4n) is 5.78. The number of aromatic nitrogens is 1. The van der Waals surface area contributed by atoms with E-state index in [1.165, 1.54) is 94.7 Å². The molecule has 0 atom stereocenters. The number of carbonyl (C=O) groups is 4. The zero-order valence-electron chi connectivity index (χ0n) is 34.9. The number of benzene rings is 1. The Labute approximate surface area is 354 Å². The van der Waals surface area contributed by atoms with Crippen molar-refractivity contribution < 1.29 is 61.5 Å². The van der Waals surface area contributed by atoms with Gasteiger partial charge in [-0.2, -0.15) is 0 Å². The van der Waals surface area contributed by atoms with Gasteiger partial charge < -0.3 is 44.5 Å². The SMILES string of the molecule is O=C(O)CCCCCCCCCCCCCCCCCOc1ccc(S(=O)(=O)Nc2ccc(C(=O)NCCOCCOCC(=O)NCCOCCOCC(=O)O)cn2)cc1. The average Bonchev–Trinajstić information content (AvgIpc) is 3.22. The number of unbranched alkanes of at least 4 members (excludes halogenated alkanes) is 14. The number of amides is 2. The molecule has 0 saturated heterocycles. The van der Waals surface area contributed by atoms with E-state index in [0.717, 1.165) is 32.1 Å². The molecule has 0 bridgehead atoms. The molecule has 0 fully saturated rings. The third-order valence-corrected chi connectivity index (χ3v) is 10.4. The van der Waals surface area contributed by atoms with E-state index in [9.17, 15) is 27.6 Å². The van der Waals surface area contributed by atoms with Crippen LogP contribution >= 0.6 is 0 Å². The van der Waals surface area contributed by atoms with Crippen LogP contribution in [-0.4, -0.2) is 120 Å². The maximum Gasteiger partial charge on any atom is 0.329 e. The van der Waals surface area contributed by atoms with E-state index in [1.807, 2.05) is 0 Å². The molecular formula is C42H66N4O13S. The molecule has 2 aromatic rings. The Hall–Kier alpha value is -4.36. The van der Waals surface area contributed by atoms with Crippen molar-refractivity contribution in [2.24, 2.45) is 0 Å². The smallest absolute Gasteiger partial charge is 0.329 e. The number of carboxylic acid groups (broad SMARTS) is 2. The summed E-state index contributed by atoms with van der Waals surface area (Å²) >= 11 is 0. The molecule has 60 heavy (non-hydrogen) atoms. The van der Waals surface area contributed by atoms with Gasteiger partial charge in [0.25, 0.3) is 15.9 Å². The Kier molecular flexibility index (Phi) is 28.8. The molecular weight excluding hydrogens is 801 g/mol. The van der Waals surface area contributed by atoms with Crippen molar-refractivity contribution in [1.82, 2.24) is 15.6 Å². The number of pyridine rings is 1. The van der Waals surface area contributed by atoms with Gasteiger partial charge in [0.15, 0.2) is 0 Å². The molecule has 0 saturated carbocycles. The second-order valence-corrected chi connectivity index (χ2v) is 15.8. The second-order valence-electron chi connectivity index (χ2n) is 14.1. The lowest BCUT2D eigenvalue weighted by molar-refractivity contribution is -0.143. The fourth-order valence-corrected chi connectivity index (χ4v) is 6.79. The van der Waals surface area contributed by atoms with Crippen LogP contribution in [0.1, 0.15) is 113 Å². The molecule has 0 spiro atoms. The summed E-state index contributed by atoms with van der Waals surface area (Å²) in [6, 6.07) is 9.07. The van der Waals surface area contributed by atoms with Gasteiger partial charge in [-0.3, -0.25) is 19.1 Å². The Bertz CT molecular complexity index is 1580. The minimum Gasteiger partial charge on any atom is -0.494 e. The first-order valence-electron chi connectivity index (χ1n) is 21.1. The molecule has 17 nitrogen and oxygen atoms in total. The van der Waals surface area contributed by atoms with Crippen molar-refractivity contribution in [1.29, 1.82) is 0 Å². The summed E-state index contributed by atoms with van der Waals surface area (Å²) in [5.74, 6) is -1.82. The minimum absolute atomic E-state index is 0.0539. The highest BCUT2D eigenvalue weighted by Gasteiger charge is 2.16. The highest BCUT2D eigenvalue weighted by atomic mass is 32.2. The summed E-state index contributed by atoms with van der Waals surface area (Å²) in [5.41, 5.74) is 0.240. The molecule has 2 rings (SSSR count). The Morgan fingerprint density at radius 3 is 1.60 bits per heavy atom. The first kappa shape index (κ1) is 51.8. The summed E-state index contributed by atoms with van der Waals surface area (Å²) in [4.78, 5) is 49.2. The summed E-state index contributed by atoms with van der Waals surface area (Å²) in [7, 11) is -3.92. The zero-order chi connectivity index (χ0) is 43.5. The molecule has 18 heteroatoms. The normalized spacial score (nSPS) is 11.3. The first-order chi connectivity index (χ1) is 29.1. The van der Waals surface area contributed by atoms with Gasteiger partial charge in [-0.25, -0.2) is 18.2 Å². The highest BCUT2D eigenvalue weighted by molar-refractivity contribution is 7.92. The Balaban J connectivity index is 1.47. The first-order valence-corrected chi connectivity index (χ1v) is 22.6. The Morgan fingerprint density at radius 1 is 0.550 bits per heavy atom. The molecule has 1 heterocycles. The van der Waals surface area contributed by atoms with Crippen LogP contribution in [0.3, 0.4) is 0 Å². The molecule has 2 amide bonds. The van der Waals surface area contributed by atoms with Crippen molar-refractivity contribution in [3.8, 4) is 5.75 Å². The lowest BCUT2D eigenvalue weighted by Crippen LogP contribution is -2.31. The van der Waals surface area contributed by atoms with E-state index in [-0.39, 0.29) is 94.5 Å². The fraction of sp³-hybridized carbons (Fsp3) is 0.643. The van der Waals surface area contributed by atoms with Crippen LogP contribution in [0.4, 0.5) is 5.82 Å². The lowest BCUT2D eigenvalue weighted by Gasteiger charge is -2.10. The number of anilines is 1. The molecule has 0 aliphatic rings. The monoisotopic (exact) mass is 866 g/mol. The van der Waals surface area contributed by atoms with Gasteiger partial charge in [-0.05, 0) is 49.2 Å². The maximum atomic E-state index is 12.9. The molecule has 0 unspecified atom stereocenters. The van der Waals surface area contributed by atoms with Gasteiger partial charge in [0.05, 0.1) is 56.7 Å². The van der Waals surface area contributed by atoms with E-state index in [2.05, 4.69) is 20.3 Å². The van der Waals surface area contributed by atoms with Crippen LogP contribution in [0.5, 0.6) is 5.75 Å². The predicted octanol–water partition coefficient (Wildman–Crippen LogP) is 5.58. The minimum atomic E-state index is -3.92. The van der Waals surface area contributed by atoms with E-state index >= 15 is 0 Å². The summed E-state index contributed by atoms with van der Waals surface area (Å²) in [6.07, 6.45) is 19.1. The summed E-state index contributed by atoms with van der Waals surface area (Å²) in [5, 5.41) is 22.4. The number of sulfonamides is 1. The van der Waals surface area contributed by atoms with E-state index in [1.54, 1.807) is 12.1 Å². The largest absolute Gasteiger partial charge is 0.494 e. The van der Waals surface area contributed by atoms with Crippen molar-refractivity contribution in [2.45, 2.75) is 108 Å². The third kappa shape index (κ3) is 27.4.